The maximum absolute atomic E-state index is 11.5. The molecular weight excluding hydrogens is 238 g/mol. The SMILES string of the molecule is C=CCS(=O)(=O)Nc1cccc(CCCO)c1. The van der Waals surface area contributed by atoms with Gasteiger partial charge in [0.15, 0.2) is 0 Å². The molecule has 2 N–H and O–H groups in total. The number of aliphatic hydroxyl groups is 1. The molecule has 4 nitrogen and oxygen atoms in total. The van der Waals surface area contributed by atoms with Crippen LogP contribution in [-0.4, -0.2) is 25.9 Å². The Morgan fingerprint density at radius 3 is 2.82 bits per heavy atom. The van der Waals surface area contributed by atoms with Gasteiger partial charge in [-0.1, -0.05) is 18.2 Å². The van der Waals surface area contributed by atoms with E-state index in [2.05, 4.69) is 11.3 Å². The van der Waals surface area contributed by atoms with Gasteiger partial charge in [0.25, 0.3) is 0 Å². The van der Waals surface area contributed by atoms with E-state index in [1.54, 1.807) is 18.2 Å². The number of hydrogen-bond acceptors (Lipinski definition) is 3. The van der Waals surface area contributed by atoms with E-state index in [1.807, 2.05) is 6.07 Å². The number of aryl methyl sites for hydroxylation is 1. The van der Waals surface area contributed by atoms with Gasteiger partial charge in [-0.05, 0) is 30.5 Å². The van der Waals surface area contributed by atoms with Gasteiger partial charge in [0, 0.05) is 12.3 Å². The number of benzene rings is 1. The molecule has 0 saturated carbocycles. The second-order valence-corrected chi connectivity index (χ2v) is 5.47. The number of rotatable bonds is 7. The molecule has 0 amide bonds. The van der Waals surface area contributed by atoms with Gasteiger partial charge in [-0.25, -0.2) is 8.42 Å². The van der Waals surface area contributed by atoms with Crippen LogP contribution in [0.1, 0.15) is 12.0 Å². The Labute approximate surface area is 102 Å². The van der Waals surface area contributed by atoms with Crippen LogP contribution in [0.15, 0.2) is 36.9 Å². The zero-order valence-corrected chi connectivity index (χ0v) is 10.4. The van der Waals surface area contributed by atoms with Crippen molar-refractivity contribution < 1.29 is 13.5 Å². The fourth-order valence-electron chi connectivity index (χ4n) is 1.45. The minimum atomic E-state index is -3.34. The van der Waals surface area contributed by atoms with Crippen LogP contribution >= 0.6 is 0 Å². The van der Waals surface area contributed by atoms with E-state index >= 15 is 0 Å². The molecule has 0 aliphatic heterocycles. The van der Waals surface area contributed by atoms with Crippen molar-refractivity contribution in [3.63, 3.8) is 0 Å². The van der Waals surface area contributed by atoms with Crippen LogP contribution in [0.4, 0.5) is 5.69 Å². The molecule has 0 spiro atoms. The molecule has 0 heterocycles. The largest absolute Gasteiger partial charge is 0.396 e. The van der Waals surface area contributed by atoms with Gasteiger partial charge >= 0.3 is 0 Å². The van der Waals surface area contributed by atoms with Gasteiger partial charge in [-0.15, -0.1) is 6.58 Å². The second kappa shape index (κ2) is 6.42. The maximum Gasteiger partial charge on any atom is 0.236 e. The lowest BCUT2D eigenvalue weighted by molar-refractivity contribution is 0.288. The monoisotopic (exact) mass is 255 g/mol. The van der Waals surface area contributed by atoms with Crippen molar-refractivity contribution in [3.05, 3.63) is 42.5 Å². The molecular formula is C12H17NO3S. The zero-order valence-electron chi connectivity index (χ0n) is 9.59. The molecule has 1 aromatic rings. The van der Waals surface area contributed by atoms with E-state index in [-0.39, 0.29) is 12.4 Å². The highest BCUT2D eigenvalue weighted by atomic mass is 32.2. The summed E-state index contributed by atoms with van der Waals surface area (Å²) in [4.78, 5) is 0. The average Bonchev–Trinajstić information content (AvgIpc) is 2.26. The van der Waals surface area contributed by atoms with Crippen LogP contribution in [0, 0.1) is 0 Å². The molecule has 0 saturated heterocycles. The Kier molecular flexibility index (Phi) is 5.18. The predicted octanol–water partition coefficient (Wildman–Crippen LogP) is 1.54. The van der Waals surface area contributed by atoms with Crippen molar-refractivity contribution in [2.24, 2.45) is 0 Å². The first-order valence-electron chi connectivity index (χ1n) is 5.38. The zero-order chi connectivity index (χ0) is 12.7. The molecule has 0 unspecified atom stereocenters. The van der Waals surface area contributed by atoms with Crippen molar-refractivity contribution in [1.29, 1.82) is 0 Å². The summed E-state index contributed by atoms with van der Waals surface area (Å²) in [6.07, 6.45) is 2.74. The second-order valence-electron chi connectivity index (χ2n) is 3.70. The van der Waals surface area contributed by atoms with Crippen LogP contribution in [-0.2, 0) is 16.4 Å². The van der Waals surface area contributed by atoms with Crippen molar-refractivity contribution >= 4 is 15.7 Å². The van der Waals surface area contributed by atoms with E-state index in [0.717, 1.165) is 12.0 Å². The number of sulfonamides is 1. The van der Waals surface area contributed by atoms with E-state index in [4.69, 9.17) is 5.11 Å². The molecule has 17 heavy (non-hydrogen) atoms. The third-order valence-corrected chi connectivity index (χ3v) is 3.38. The third kappa shape index (κ3) is 5.01. The Morgan fingerprint density at radius 1 is 1.41 bits per heavy atom. The van der Waals surface area contributed by atoms with Crippen LogP contribution in [0.25, 0.3) is 0 Å². The summed E-state index contributed by atoms with van der Waals surface area (Å²) in [5, 5.41) is 8.73. The molecule has 0 aromatic heterocycles. The van der Waals surface area contributed by atoms with Crippen molar-refractivity contribution in [2.75, 3.05) is 17.1 Å². The smallest absolute Gasteiger partial charge is 0.236 e. The highest BCUT2D eigenvalue weighted by molar-refractivity contribution is 7.92. The van der Waals surface area contributed by atoms with Crippen molar-refractivity contribution in [2.45, 2.75) is 12.8 Å². The van der Waals surface area contributed by atoms with Gasteiger partial charge in [-0.2, -0.15) is 0 Å². The number of anilines is 1. The fraction of sp³-hybridized carbons (Fsp3) is 0.333. The molecule has 0 aliphatic rings. The standard InChI is InChI=1S/C12H17NO3S/c1-2-9-17(15,16)13-12-7-3-5-11(10-12)6-4-8-14/h2-3,5,7,10,13-14H,1,4,6,8-9H2. The molecule has 0 fully saturated rings. The Bertz CT molecular complexity index is 468. The lowest BCUT2D eigenvalue weighted by Gasteiger charge is -2.07. The molecule has 0 aliphatic carbocycles. The molecule has 0 bridgehead atoms. The van der Waals surface area contributed by atoms with E-state index < -0.39 is 10.0 Å². The number of nitrogens with one attached hydrogen (secondary N) is 1. The number of aliphatic hydroxyl groups excluding tert-OH is 1. The van der Waals surface area contributed by atoms with Gasteiger partial charge in [0.2, 0.25) is 10.0 Å². The molecule has 94 valence electrons. The summed E-state index contributed by atoms with van der Waals surface area (Å²) in [5.41, 5.74) is 1.54. The number of hydrogen-bond donors (Lipinski definition) is 2. The van der Waals surface area contributed by atoms with E-state index in [1.165, 1.54) is 6.08 Å². The lowest BCUT2D eigenvalue weighted by Crippen LogP contribution is -2.15. The summed E-state index contributed by atoms with van der Waals surface area (Å²) < 4.78 is 25.5. The topological polar surface area (TPSA) is 66.4 Å². The predicted molar refractivity (Wildman–Crippen MR) is 69.5 cm³/mol. The van der Waals surface area contributed by atoms with Crippen molar-refractivity contribution in [1.82, 2.24) is 0 Å². The minimum Gasteiger partial charge on any atom is -0.396 e. The van der Waals surface area contributed by atoms with E-state index in [0.29, 0.717) is 12.1 Å². The van der Waals surface area contributed by atoms with Crippen LogP contribution in [0.3, 0.4) is 0 Å². The summed E-state index contributed by atoms with van der Waals surface area (Å²) in [6, 6.07) is 7.17. The molecule has 1 rings (SSSR count). The minimum absolute atomic E-state index is 0.103. The third-order valence-electron chi connectivity index (χ3n) is 2.16. The van der Waals surface area contributed by atoms with Crippen LogP contribution < -0.4 is 4.72 Å². The van der Waals surface area contributed by atoms with Gasteiger partial charge in [-0.3, -0.25) is 4.72 Å². The lowest BCUT2D eigenvalue weighted by atomic mass is 10.1. The Balaban J connectivity index is 2.75. The molecule has 1 aromatic carbocycles. The molecule has 0 atom stereocenters. The van der Waals surface area contributed by atoms with Gasteiger partial charge in [0.1, 0.15) is 0 Å². The van der Waals surface area contributed by atoms with Crippen LogP contribution in [0.5, 0.6) is 0 Å². The molecule has 5 heteroatoms. The summed E-state index contributed by atoms with van der Waals surface area (Å²) in [6.45, 7) is 3.53. The maximum atomic E-state index is 11.5. The summed E-state index contributed by atoms with van der Waals surface area (Å²) in [7, 11) is -3.34. The quantitative estimate of drug-likeness (QED) is 0.726. The first-order valence-corrected chi connectivity index (χ1v) is 7.04. The van der Waals surface area contributed by atoms with E-state index in [9.17, 15) is 8.42 Å². The average molecular weight is 255 g/mol. The van der Waals surface area contributed by atoms with Gasteiger partial charge < -0.3 is 5.11 Å². The highest BCUT2D eigenvalue weighted by Gasteiger charge is 2.07. The first-order chi connectivity index (χ1) is 8.07. The van der Waals surface area contributed by atoms with Crippen molar-refractivity contribution in [3.8, 4) is 0 Å². The highest BCUT2D eigenvalue weighted by Crippen LogP contribution is 2.13. The Hall–Kier alpha value is -1.33. The fourth-order valence-corrected chi connectivity index (χ4v) is 2.33. The Morgan fingerprint density at radius 2 is 2.18 bits per heavy atom. The van der Waals surface area contributed by atoms with Gasteiger partial charge in [0.05, 0.1) is 5.75 Å². The van der Waals surface area contributed by atoms with Crippen LogP contribution in [0.2, 0.25) is 0 Å². The first kappa shape index (κ1) is 13.7. The summed E-state index contributed by atoms with van der Waals surface area (Å²) in [5.74, 6) is -0.103. The summed E-state index contributed by atoms with van der Waals surface area (Å²) >= 11 is 0. The normalized spacial score (nSPS) is 11.1. The molecule has 0 radical (unpaired) electrons.